The third kappa shape index (κ3) is 8.20. The number of nitrogens with one attached hydrogen (secondary N) is 1. The Hall–Kier alpha value is -2.94. The second-order valence-corrected chi connectivity index (χ2v) is 9.26. The van der Waals surface area contributed by atoms with E-state index in [1.807, 2.05) is 6.07 Å². The number of sulfone groups is 1. The van der Waals surface area contributed by atoms with Crippen LogP contribution in [0.1, 0.15) is 17.5 Å². The van der Waals surface area contributed by atoms with Crippen molar-refractivity contribution in [1.29, 1.82) is 0 Å². The first-order valence-corrected chi connectivity index (χ1v) is 11.3. The summed E-state index contributed by atoms with van der Waals surface area (Å²) in [4.78, 5) is 26.4. The van der Waals surface area contributed by atoms with E-state index in [9.17, 15) is 22.4 Å². The second kappa shape index (κ2) is 10.7. The summed E-state index contributed by atoms with van der Waals surface area (Å²) >= 11 is 0. The van der Waals surface area contributed by atoms with Gasteiger partial charge in [0.1, 0.15) is 28.3 Å². The number of hydrogen-bond donors (Lipinski definition) is 1. The normalized spacial score (nSPS) is 12.1. The molecule has 1 N–H and O–H groups in total. The number of alkyl carbamates (subject to hydrolysis) is 1. The van der Waals surface area contributed by atoms with E-state index in [1.54, 1.807) is 36.4 Å². The number of benzene rings is 2. The summed E-state index contributed by atoms with van der Waals surface area (Å²) in [7, 11) is -1.81. The maximum atomic E-state index is 13.1. The highest BCUT2D eigenvalue weighted by atomic mass is 32.2. The smallest absolute Gasteiger partial charge is 0.408 e. The lowest BCUT2D eigenvalue weighted by Crippen LogP contribution is -2.48. The fourth-order valence-electron chi connectivity index (χ4n) is 2.70. The Balaban J connectivity index is 2.01. The van der Waals surface area contributed by atoms with Gasteiger partial charge in [0.25, 0.3) is 0 Å². The van der Waals surface area contributed by atoms with Crippen molar-refractivity contribution in [2.75, 3.05) is 19.1 Å². The van der Waals surface area contributed by atoms with Crippen molar-refractivity contribution in [2.45, 2.75) is 25.6 Å². The summed E-state index contributed by atoms with van der Waals surface area (Å²) in [5.41, 5.74) is 1.47. The van der Waals surface area contributed by atoms with Gasteiger partial charge in [0.2, 0.25) is 5.91 Å². The number of carbonyl (C=O) groups excluding carboxylic acids is 2. The average Bonchev–Trinajstić information content (AvgIpc) is 2.70. The van der Waals surface area contributed by atoms with Crippen molar-refractivity contribution in [3.63, 3.8) is 0 Å². The van der Waals surface area contributed by atoms with Crippen molar-refractivity contribution >= 4 is 21.8 Å². The van der Waals surface area contributed by atoms with Crippen LogP contribution in [0.3, 0.4) is 0 Å². The van der Waals surface area contributed by atoms with E-state index in [-0.39, 0.29) is 31.1 Å². The SMILES string of the molecule is CN(Cc1ccc(F)cc1)C(=O)C(CCS(C)(=O)=O)NC(=O)OCc1ccccc1. The summed E-state index contributed by atoms with van der Waals surface area (Å²) in [6.07, 6.45) is 0.150. The Bertz CT molecular complexity index is 949. The summed E-state index contributed by atoms with van der Waals surface area (Å²) < 4.78 is 41.3. The lowest BCUT2D eigenvalue weighted by molar-refractivity contribution is -0.132. The molecule has 1 atom stereocenters. The Morgan fingerprint density at radius 3 is 2.30 bits per heavy atom. The highest BCUT2D eigenvalue weighted by molar-refractivity contribution is 7.90. The molecule has 2 aromatic rings. The molecular formula is C21H25FN2O5S. The first kappa shape index (κ1) is 23.3. The van der Waals surface area contributed by atoms with Gasteiger partial charge in [-0.25, -0.2) is 17.6 Å². The molecule has 0 aliphatic heterocycles. The Labute approximate surface area is 175 Å². The molecule has 0 aromatic heterocycles. The zero-order valence-corrected chi connectivity index (χ0v) is 17.7. The van der Waals surface area contributed by atoms with Gasteiger partial charge in [-0.1, -0.05) is 42.5 Å². The first-order chi connectivity index (χ1) is 14.1. The van der Waals surface area contributed by atoms with Gasteiger partial charge in [-0.15, -0.1) is 0 Å². The Kier molecular flexibility index (Phi) is 8.35. The third-order valence-electron chi connectivity index (χ3n) is 4.29. The molecule has 2 aromatic carbocycles. The molecule has 0 aliphatic rings. The van der Waals surface area contributed by atoms with Crippen LogP contribution < -0.4 is 5.32 Å². The van der Waals surface area contributed by atoms with Crippen LogP contribution in [0.2, 0.25) is 0 Å². The van der Waals surface area contributed by atoms with Crippen LogP contribution in [-0.2, 0) is 32.5 Å². The zero-order chi connectivity index (χ0) is 22.1. The van der Waals surface area contributed by atoms with Crippen molar-refractivity contribution in [3.8, 4) is 0 Å². The monoisotopic (exact) mass is 436 g/mol. The number of carbonyl (C=O) groups is 2. The molecule has 0 spiro atoms. The minimum atomic E-state index is -3.34. The van der Waals surface area contributed by atoms with Crippen molar-refractivity contribution in [1.82, 2.24) is 10.2 Å². The quantitative estimate of drug-likeness (QED) is 0.652. The number of nitrogens with zero attached hydrogens (tertiary/aromatic N) is 1. The molecule has 0 heterocycles. The van der Waals surface area contributed by atoms with Gasteiger partial charge in [-0.3, -0.25) is 4.79 Å². The molecule has 7 nitrogen and oxygen atoms in total. The van der Waals surface area contributed by atoms with Gasteiger partial charge in [0, 0.05) is 19.8 Å². The van der Waals surface area contributed by atoms with E-state index in [0.717, 1.165) is 11.8 Å². The predicted octanol–water partition coefficient (Wildman–Crippen LogP) is 2.51. The Morgan fingerprint density at radius 2 is 1.70 bits per heavy atom. The molecule has 0 bridgehead atoms. The standard InChI is InChI=1S/C21H25FN2O5S/c1-24(14-16-8-10-18(22)11-9-16)20(25)19(12-13-30(2,27)28)23-21(26)29-15-17-6-4-3-5-7-17/h3-11,19H,12-15H2,1-2H3,(H,23,26). The largest absolute Gasteiger partial charge is 0.445 e. The van der Waals surface area contributed by atoms with E-state index in [2.05, 4.69) is 5.32 Å². The number of rotatable bonds is 9. The molecule has 162 valence electrons. The molecule has 0 saturated heterocycles. The fourth-order valence-corrected chi connectivity index (χ4v) is 3.37. The van der Waals surface area contributed by atoms with Crippen molar-refractivity contribution in [2.24, 2.45) is 0 Å². The maximum absolute atomic E-state index is 13.1. The van der Waals surface area contributed by atoms with Gasteiger partial charge < -0.3 is 15.0 Å². The molecule has 0 aliphatic carbocycles. The zero-order valence-electron chi connectivity index (χ0n) is 16.9. The highest BCUT2D eigenvalue weighted by Gasteiger charge is 2.26. The van der Waals surface area contributed by atoms with E-state index >= 15 is 0 Å². The molecule has 9 heteroatoms. The summed E-state index contributed by atoms with van der Waals surface area (Å²) in [6, 6.07) is 13.6. The lowest BCUT2D eigenvalue weighted by atomic mass is 10.1. The topological polar surface area (TPSA) is 92.8 Å². The van der Waals surface area contributed by atoms with Crippen molar-refractivity contribution < 1.29 is 27.1 Å². The first-order valence-electron chi connectivity index (χ1n) is 9.28. The van der Waals surface area contributed by atoms with Gasteiger partial charge in [0.15, 0.2) is 0 Å². The number of ether oxygens (including phenoxy) is 1. The van der Waals surface area contributed by atoms with Crippen LogP contribution in [0.5, 0.6) is 0 Å². The Morgan fingerprint density at radius 1 is 1.07 bits per heavy atom. The van der Waals surface area contributed by atoms with E-state index < -0.39 is 27.9 Å². The van der Waals surface area contributed by atoms with Crippen molar-refractivity contribution in [3.05, 3.63) is 71.5 Å². The minimum absolute atomic E-state index is 0.0189. The van der Waals surface area contributed by atoms with Crippen LogP contribution in [0.15, 0.2) is 54.6 Å². The fraction of sp³-hybridized carbons (Fsp3) is 0.333. The van der Waals surface area contributed by atoms with E-state index in [0.29, 0.717) is 5.56 Å². The molecule has 0 fully saturated rings. The molecule has 30 heavy (non-hydrogen) atoms. The number of halogens is 1. The number of amides is 2. The predicted molar refractivity (Wildman–Crippen MR) is 111 cm³/mol. The summed E-state index contributed by atoms with van der Waals surface area (Å²) in [5.74, 6) is -1.13. The van der Waals surface area contributed by atoms with Gasteiger partial charge in [-0.2, -0.15) is 0 Å². The van der Waals surface area contributed by atoms with Crippen LogP contribution >= 0.6 is 0 Å². The molecule has 2 rings (SSSR count). The van der Waals surface area contributed by atoms with Gasteiger partial charge >= 0.3 is 6.09 Å². The minimum Gasteiger partial charge on any atom is -0.445 e. The third-order valence-corrected chi connectivity index (χ3v) is 5.27. The molecule has 1 unspecified atom stereocenters. The highest BCUT2D eigenvalue weighted by Crippen LogP contribution is 2.09. The maximum Gasteiger partial charge on any atom is 0.408 e. The van der Waals surface area contributed by atoms with E-state index in [4.69, 9.17) is 4.74 Å². The molecular weight excluding hydrogens is 411 g/mol. The number of likely N-dealkylation sites (N-methyl/N-ethyl adjacent to an activating group) is 1. The molecule has 0 radical (unpaired) electrons. The summed E-state index contributed by atoms with van der Waals surface area (Å²) in [6.45, 7) is 0.195. The van der Waals surface area contributed by atoms with E-state index in [1.165, 1.54) is 24.1 Å². The van der Waals surface area contributed by atoms with Crippen LogP contribution in [0.25, 0.3) is 0 Å². The molecule has 0 saturated carbocycles. The van der Waals surface area contributed by atoms with Crippen LogP contribution in [-0.4, -0.2) is 50.4 Å². The molecule has 2 amide bonds. The number of hydrogen-bond acceptors (Lipinski definition) is 5. The van der Waals surface area contributed by atoms with Crippen LogP contribution in [0.4, 0.5) is 9.18 Å². The van der Waals surface area contributed by atoms with Gasteiger partial charge in [-0.05, 0) is 29.7 Å². The second-order valence-electron chi connectivity index (χ2n) is 7.00. The van der Waals surface area contributed by atoms with Gasteiger partial charge in [0.05, 0.1) is 5.75 Å². The summed E-state index contributed by atoms with van der Waals surface area (Å²) in [5, 5.41) is 2.46. The lowest BCUT2D eigenvalue weighted by Gasteiger charge is -2.24. The van der Waals surface area contributed by atoms with Crippen LogP contribution in [0, 0.1) is 5.82 Å². The average molecular weight is 437 g/mol.